The van der Waals surface area contributed by atoms with Gasteiger partial charge in [-0.1, -0.05) is 49.0 Å². The highest BCUT2D eigenvalue weighted by atomic mass is 32.2. The van der Waals surface area contributed by atoms with Crippen LogP contribution in [0.2, 0.25) is 0 Å². The first-order chi connectivity index (χ1) is 13.2. The van der Waals surface area contributed by atoms with E-state index in [-0.39, 0.29) is 5.78 Å². The topological polar surface area (TPSA) is 60.2 Å². The molecule has 4 aromatic rings. The second-order valence-electron chi connectivity index (χ2n) is 7.03. The lowest BCUT2D eigenvalue weighted by Gasteiger charge is -2.17. The van der Waals surface area contributed by atoms with E-state index in [2.05, 4.69) is 22.1 Å². The number of benzene rings is 1. The van der Waals surface area contributed by atoms with E-state index >= 15 is 0 Å². The number of ketones is 1. The molecule has 0 aliphatic heterocycles. The Bertz CT molecular complexity index is 1150. The highest BCUT2D eigenvalue weighted by molar-refractivity contribution is 7.99. The Morgan fingerprint density at radius 1 is 1.30 bits per heavy atom. The van der Waals surface area contributed by atoms with Crippen LogP contribution in [0.15, 0.2) is 41.8 Å². The average Bonchev–Trinajstić information content (AvgIpc) is 3.26. The third-order valence-electron chi connectivity index (χ3n) is 5.10. The van der Waals surface area contributed by atoms with Gasteiger partial charge in [0.25, 0.3) is 0 Å². The van der Waals surface area contributed by atoms with Gasteiger partial charge in [0.15, 0.2) is 16.6 Å². The van der Waals surface area contributed by atoms with Crippen LogP contribution in [0.5, 0.6) is 0 Å². The molecule has 0 saturated heterocycles. The second-order valence-corrected chi connectivity index (χ2v) is 9.06. The predicted molar refractivity (Wildman–Crippen MR) is 109 cm³/mol. The molecule has 3 heterocycles. The quantitative estimate of drug-likeness (QED) is 0.378. The Kier molecular flexibility index (Phi) is 4.21. The molecule has 27 heavy (non-hydrogen) atoms. The molecule has 5 rings (SSSR count). The standard InChI is InChI=1S/C20H18N4OS2/c1-12-7-8-14-16(9-12)27-19-17(14)18-22-23-20(24(18)11-21-19)26-10-15(25)13-5-3-2-4-6-13/h2-6,11-12H,7-10H2,1H3/t12-/m1/s1. The third kappa shape index (κ3) is 2.95. The van der Waals surface area contributed by atoms with Crippen molar-refractivity contribution in [2.75, 3.05) is 5.75 Å². The molecule has 1 aliphatic rings. The number of thioether (sulfide) groups is 1. The third-order valence-corrected chi connectivity index (χ3v) is 7.21. The zero-order chi connectivity index (χ0) is 18.4. The largest absolute Gasteiger partial charge is 0.293 e. The SMILES string of the molecule is C[C@@H]1CCc2c(sc3ncn4c(SCC(=O)c5ccccc5)nnc4c23)C1. The Labute approximate surface area is 164 Å². The molecule has 5 nitrogen and oxygen atoms in total. The van der Waals surface area contributed by atoms with Crippen molar-refractivity contribution < 1.29 is 4.79 Å². The highest BCUT2D eigenvalue weighted by Gasteiger charge is 2.24. The van der Waals surface area contributed by atoms with Crippen molar-refractivity contribution in [2.24, 2.45) is 5.92 Å². The summed E-state index contributed by atoms with van der Waals surface area (Å²) in [6, 6.07) is 9.36. The van der Waals surface area contributed by atoms with Crippen LogP contribution in [-0.4, -0.2) is 31.1 Å². The zero-order valence-corrected chi connectivity index (χ0v) is 16.5. The van der Waals surface area contributed by atoms with Crippen LogP contribution in [0, 0.1) is 5.92 Å². The zero-order valence-electron chi connectivity index (χ0n) is 14.9. The summed E-state index contributed by atoms with van der Waals surface area (Å²) in [6.07, 6.45) is 5.21. The lowest BCUT2D eigenvalue weighted by molar-refractivity contribution is 0.102. The van der Waals surface area contributed by atoms with Gasteiger partial charge in [-0.2, -0.15) is 0 Å². The molecule has 136 valence electrons. The summed E-state index contributed by atoms with van der Waals surface area (Å²) in [7, 11) is 0. The molecule has 0 saturated carbocycles. The maximum atomic E-state index is 12.4. The maximum Gasteiger partial charge on any atom is 0.197 e. The van der Waals surface area contributed by atoms with Gasteiger partial charge in [0, 0.05) is 10.4 Å². The summed E-state index contributed by atoms with van der Waals surface area (Å²) in [5.74, 6) is 1.16. The molecule has 1 aliphatic carbocycles. The van der Waals surface area contributed by atoms with Crippen molar-refractivity contribution in [1.82, 2.24) is 19.6 Å². The molecule has 0 unspecified atom stereocenters. The maximum absolute atomic E-state index is 12.4. The smallest absolute Gasteiger partial charge is 0.197 e. The van der Waals surface area contributed by atoms with E-state index in [1.807, 2.05) is 34.7 Å². The normalized spacial score (nSPS) is 16.7. The van der Waals surface area contributed by atoms with Gasteiger partial charge < -0.3 is 0 Å². The average molecular weight is 395 g/mol. The number of fused-ring (bicyclic) bond motifs is 5. The predicted octanol–water partition coefficient (Wildman–Crippen LogP) is 4.44. The fraction of sp³-hybridized carbons (Fsp3) is 0.300. The number of thiophene rings is 1. The number of nitrogens with zero attached hydrogens (tertiary/aromatic N) is 4. The minimum absolute atomic E-state index is 0.0910. The molecular formula is C20H18N4OS2. The molecular weight excluding hydrogens is 376 g/mol. The van der Waals surface area contributed by atoms with Crippen molar-refractivity contribution >= 4 is 44.7 Å². The lowest BCUT2D eigenvalue weighted by Crippen LogP contribution is -2.08. The van der Waals surface area contributed by atoms with Crippen LogP contribution in [0.1, 0.15) is 34.1 Å². The second kappa shape index (κ2) is 6.73. The molecule has 1 atom stereocenters. The number of Topliss-reactive ketones (excluding diaryl/α,β-unsaturated/α-hetero) is 1. The molecule has 0 N–H and O–H groups in total. The van der Waals surface area contributed by atoms with Gasteiger partial charge in [0.2, 0.25) is 0 Å². The van der Waals surface area contributed by atoms with Gasteiger partial charge in [0.1, 0.15) is 11.2 Å². The molecule has 3 aromatic heterocycles. The summed E-state index contributed by atoms with van der Waals surface area (Å²) in [6.45, 7) is 2.31. The highest BCUT2D eigenvalue weighted by Crippen LogP contribution is 2.39. The summed E-state index contributed by atoms with van der Waals surface area (Å²) in [5, 5.41) is 10.7. The molecule has 0 bridgehead atoms. The Balaban J connectivity index is 1.48. The molecule has 1 aromatic carbocycles. The molecule has 7 heteroatoms. The van der Waals surface area contributed by atoms with Crippen molar-refractivity contribution in [3.8, 4) is 0 Å². The van der Waals surface area contributed by atoms with E-state index in [0.717, 1.165) is 40.2 Å². The van der Waals surface area contributed by atoms with Gasteiger partial charge in [-0.15, -0.1) is 21.5 Å². The van der Waals surface area contributed by atoms with E-state index in [0.29, 0.717) is 10.9 Å². The van der Waals surface area contributed by atoms with Crippen LogP contribution in [0.4, 0.5) is 0 Å². The van der Waals surface area contributed by atoms with E-state index in [1.165, 1.54) is 28.6 Å². The number of carbonyl (C=O) groups excluding carboxylic acids is 1. The Hall–Kier alpha value is -2.25. The summed E-state index contributed by atoms with van der Waals surface area (Å²) < 4.78 is 1.93. The van der Waals surface area contributed by atoms with Crippen molar-refractivity contribution in [2.45, 2.75) is 31.3 Å². The molecule has 0 fully saturated rings. The fourth-order valence-electron chi connectivity index (χ4n) is 3.66. The minimum atomic E-state index is 0.0910. The number of hydrogen-bond acceptors (Lipinski definition) is 6. The van der Waals surface area contributed by atoms with Crippen LogP contribution in [-0.2, 0) is 12.8 Å². The molecule has 0 spiro atoms. The van der Waals surface area contributed by atoms with Crippen molar-refractivity contribution in [3.63, 3.8) is 0 Å². The number of carbonyl (C=O) groups is 1. The first-order valence-corrected chi connectivity index (χ1v) is 10.9. The van der Waals surface area contributed by atoms with Gasteiger partial charge >= 0.3 is 0 Å². The summed E-state index contributed by atoms with van der Waals surface area (Å²) >= 11 is 3.20. The number of rotatable bonds is 4. The first-order valence-electron chi connectivity index (χ1n) is 9.05. The van der Waals surface area contributed by atoms with Crippen LogP contribution < -0.4 is 0 Å². The summed E-state index contributed by atoms with van der Waals surface area (Å²) in [4.78, 5) is 19.5. The Morgan fingerprint density at radius 3 is 3.00 bits per heavy atom. The van der Waals surface area contributed by atoms with Crippen LogP contribution >= 0.6 is 23.1 Å². The van der Waals surface area contributed by atoms with E-state index in [9.17, 15) is 4.79 Å². The minimum Gasteiger partial charge on any atom is -0.293 e. The fourth-order valence-corrected chi connectivity index (χ4v) is 5.80. The van der Waals surface area contributed by atoms with E-state index in [4.69, 9.17) is 0 Å². The number of aromatic nitrogens is 4. The summed E-state index contributed by atoms with van der Waals surface area (Å²) in [5.41, 5.74) is 2.98. The monoisotopic (exact) mass is 394 g/mol. The van der Waals surface area contributed by atoms with Gasteiger partial charge in [-0.05, 0) is 30.7 Å². The number of aryl methyl sites for hydroxylation is 1. The first kappa shape index (κ1) is 16.9. The van der Waals surface area contributed by atoms with Gasteiger partial charge in [-0.25, -0.2) is 4.98 Å². The Morgan fingerprint density at radius 2 is 2.15 bits per heavy atom. The van der Waals surface area contributed by atoms with Crippen LogP contribution in [0.3, 0.4) is 0 Å². The van der Waals surface area contributed by atoms with E-state index < -0.39 is 0 Å². The number of hydrogen-bond donors (Lipinski definition) is 0. The van der Waals surface area contributed by atoms with Crippen molar-refractivity contribution in [1.29, 1.82) is 0 Å². The molecule has 0 amide bonds. The van der Waals surface area contributed by atoms with Crippen LogP contribution in [0.25, 0.3) is 15.9 Å². The van der Waals surface area contributed by atoms with E-state index in [1.54, 1.807) is 17.7 Å². The van der Waals surface area contributed by atoms with Gasteiger partial charge in [-0.3, -0.25) is 9.20 Å². The van der Waals surface area contributed by atoms with Crippen molar-refractivity contribution in [3.05, 3.63) is 52.7 Å². The molecule has 0 radical (unpaired) electrons. The lowest BCUT2D eigenvalue weighted by atomic mass is 9.89. The van der Waals surface area contributed by atoms with Gasteiger partial charge in [0.05, 0.1) is 11.1 Å².